The van der Waals surface area contributed by atoms with Gasteiger partial charge in [-0.3, -0.25) is 0 Å². The first kappa shape index (κ1) is 11.3. The van der Waals surface area contributed by atoms with E-state index in [0.29, 0.717) is 17.8 Å². The van der Waals surface area contributed by atoms with Crippen LogP contribution in [0, 0.1) is 11.8 Å². The van der Waals surface area contributed by atoms with Gasteiger partial charge in [-0.25, -0.2) is 0 Å². The molecule has 1 heterocycles. The number of rotatable bonds is 3. The van der Waals surface area contributed by atoms with Gasteiger partial charge in [-0.05, 0) is 24.0 Å². The van der Waals surface area contributed by atoms with E-state index in [-0.39, 0.29) is 0 Å². The van der Waals surface area contributed by atoms with Crippen molar-refractivity contribution in [2.75, 3.05) is 0 Å². The summed E-state index contributed by atoms with van der Waals surface area (Å²) in [6.45, 7) is 9.05. The molecule has 1 aromatic carbocycles. The largest absolute Gasteiger partial charge is 0.461 e. The summed E-state index contributed by atoms with van der Waals surface area (Å²) in [6, 6.07) is 10.4. The molecule has 0 aliphatic carbocycles. The van der Waals surface area contributed by atoms with Gasteiger partial charge < -0.3 is 4.42 Å². The highest BCUT2D eigenvalue weighted by molar-refractivity contribution is 5.77. The zero-order chi connectivity index (χ0) is 11.7. The van der Waals surface area contributed by atoms with Crippen LogP contribution in [0.1, 0.15) is 39.4 Å². The topological polar surface area (TPSA) is 13.1 Å². The molecule has 1 heteroatoms. The van der Waals surface area contributed by atoms with Gasteiger partial charge in [-0.15, -0.1) is 0 Å². The van der Waals surface area contributed by atoms with Crippen molar-refractivity contribution in [2.24, 2.45) is 11.8 Å². The Morgan fingerprint density at radius 1 is 0.938 bits per heavy atom. The Kier molecular flexibility index (Phi) is 3.04. The molecule has 0 bridgehead atoms. The van der Waals surface area contributed by atoms with E-state index in [9.17, 15) is 0 Å². The number of furan rings is 1. The highest BCUT2D eigenvalue weighted by atomic mass is 16.3. The molecule has 0 radical (unpaired) electrons. The first-order valence-electron chi connectivity index (χ1n) is 6.08. The summed E-state index contributed by atoms with van der Waals surface area (Å²) < 4.78 is 5.95. The average molecular weight is 216 g/mol. The van der Waals surface area contributed by atoms with Crippen molar-refractivity contribution in [1.29, 1.82) is 0 Å². The number of benzene rings is 1. The van der Waals surface area contributed by atoms with Crippen molar-refractivity contribution in [1.82, 2.24) is 0 Å². The molecular weight excluding hydrogens is 196 g/mol. The predicted octanol–water partition coefficient (Wildman–Crippen LogP) is 4.83. The average Bonchev–Trinajstić information content (AvgIpc) is 2.58. The minimum Gasteiger partial charge on any atom is -0.461 e. The molecule has 1 aromatic heterocycles. The molecule has 1 nitrogen and oxygen atoms in total. The number of para-hydroxylation sites is 1. The van der Waals surface area contributed by atoms with E-state index in [0.717, 1.165) is 11.3 Å². The summed E-state index contributed by atoms with van der Waals surface area (Å²) in [5, 5.41) is 1.21. The number of fused-ring (bicyclic) bond motifs is 1. The van der Waals surface area contributed by atoms with Crippen molar-refractivity contribution < 1.29 is 4.42 Å². The third-order valence-corrected chi connectivity index (χ3v) is 3.21. The maximum atomic E-state index is 5.95. The van der Waals surface area contributed by atoms with E-state index in [1.165, 1.54) is 5.39 Å². The molecule has 0 spiro atoms. The van der Waals surface area contributed by atoms with Crippen molar-refractivity contribution in [3.8, 4) is 0 Å². The van der Waals surface area contributed by atoms with Gasteiger partial charge in [0.1, 0.15) is 11.3 Å². The molecule has 86 valence electrons. The Balaban J connectivity index is 2.45. The lowest BCUT2D eigenvalue weighted by atomic mass is 9.83. The summed E-state index contributed by atoms with van der Waals surface area (Å²) in [7, 11) is 0. The predicted molar refractivity (Wildman–Crippen MR) is 68.6 cm³/mol. The Hall–Kier alpha value is -1.24. The zero-order valence-corrected chi connectivity index (χ0v) is 10.5. The van der Waals surface area contributed by atoms with Crippen LogP contribution >= 0.6 is 0 Å². The highest BCUT2D eigenvalue weighted by Gasteiger charge is 2.23. The molecule has 0 saturated carbocycles. The summed E-state index contributed by atoms with van der Waals surface area (Å²) in [5.74, 6) is 2.86. The van der Waals surface area contributed by atoms with Gasteiger partial charge in [0.2, 0.25) is 0 Å². The summed E-state index contributed by atoms with van der Waals surface area (Å²) in [4.78, 5) is 0. The van der Waals surface area contributed by atoms with Crippen molar-refractivity contribution in [3.05, 3.63) is 36.1 Å². The molecule has 2 aromatic rings. The summed E-state index contributed by atoms with van der Waals surface area (Å²) in [6.07, 6.45) is 0. The molecule has 0 fully saturated rings. The van der Waals surface area contributed by atoms with E-state index < -0.39 is 0 Å². The van der Waals surface area contributed by atoms with Crippen LogP contribution < -0.4 is 0 Å². The van der Waals surface area contributed by atoms with E-state index in [4.69, 9.17) is 4.42 Å². The smallest absolute Gasteiger partial charge is 0.134 e. The summed E-state index contributed by atoms with van der Waals surface area (Å²) >= 11 is 0. The van der Waals surface area contributed by atoms with E-state index >= 15 is 0 Å². The Labute approximate surface area is 97.5 Å². The minimum absolute atomic E-state index is 0.507. The van der Waals surface area contributed by atoms with Crippen molar-refractivity contribution in [2.45, 2.75) is 33.6 Å². The minimum atomic E-state index is 0.507. The molecule has 0 amide bonds. The number of hydrogen-bond acceptors (Lipinski definition) is 1. The van der Waals surface area contributed by atoms with Crippen LogP contribution in [0.25, 0.3) is 11.0 Å². The molecular formula is C15H20O. The molecule has 2 rings (SSSR count). The lowest BCUT2D eigenvalue weighted by molar-refractivity contribution is 0.332. The van der Waals surface area contributed by atoms with Gasteiger partial charge in [0.25, 0.3) is 0 Å². The fourth-order valence-electron chi connectivity index (χ4n) is 2.59. The van der Waals surface area contributed by atoms with Gasteiger partial charge in [0, 0.05) is 11.3 Å². The van der Waals surface area contributed by atoms with Gasteiger partial charge in [0.05, 0.1) is 0 Å². The number of hydrogen-bond donors (Lipinski definition) is 0. The molecule has 0 unspecified atom stereocenters. The van der Waals surface area contributed by atoms with Gasteiger partial charge in [0.15, 0.2) is 0 Å². The van der Waals surface area contributed by atoms with E-state index in [1.807, 2.05) is 12.1 Å². The van der Waals surface area contributed by atoms with Crippen LogP contribution in [-0.2, 0) is 0 Å². The van der Waals surface area contributed by atoms with Crippen LogP contribution in [0.5, 0.6) is 0 Å². The first-order valence-corrected chi connectivity index (χ1v) is 6.08. The van der Waals surface area contributed by atoms with Crippen LogP contribution in [0.15, 0.2) is 34.7 Å². The van der Waals surface area contributed by atoms with Crippen LogP contribution in [0.2, 0.25) is 0 Å². The Morgan fingerprint density at radius 3 is 2.12 bits per heavy atom. The standard InChI is InChI=1S/C15H20O/c1-10(2)15(11(3)4)14-9-12-7-5-6-8-13(12)16-14/h5-11,15H,1-4H3. The first-order chi connectivity index (χ1) is 7.59. The van der Waals surface area contributed by atoms with Crippen molar-refractivity contribution >= 4 is 11.0 Å². The van der Waals surface area contributed by atoms with Gasteiger partial charge in [-0.2, -0.15) is 0 Å². The molecule has 0 N–H and O–H groups in total. The quantitative estimate of drug-likeness (QED) is 0.716. The normalized spacial score (nSPS) is 12.2. The zero-order valence-electron chi connectivity index (χ0n) is 10.5. The van der Waals surface area contributed by atoms with Crippen LogP contribution in [0.3, 0.4) is 0 Å². The van der Waals surface area contributed by atoms with Crippen LogP contribution in [0.4, 0.5) is 0 Å². The second-order valence-electron chi connectivity index (χ2n) is 5.20. The second kappa shape index (κ2) is 4.32. The second-order valence-corrected chi connectivity index (χ2v) is 5.20. The molecule has 0 aliphatic rings. The van der Waals surface area contributed by atoms with Gasteiger partial charge >= 0.3 is 0 Å². The maximum absolute atomic E-state index is 5.95. The summed E-state index contributed by atoms with van der Waals surface area (Å²) in [5.41, 5.74) is 1.00. The molecule has 0 atom stereocenters. The maximum Gasteiger partial charge on any atom is 0.134 e. The molecule has 16 heavy (non-hydrogen) atoms. The highest BCUT2D eigenvalue weighted by Crippen LogP contribution is 2.35. The Morgan fingerprint density at radius 2 is 1.56 bits per heavy atom. The molecule has 0 saturated heterocycles. The fourth-order valence-corrected chi connectivity index (χ4v) is 2.59. The SMILES string of the molecule is CC(C)C(c1cc2ccccc2o1)C(C)C. The fraction of sp³-hybridized carbons (Fsp3) is 0.467. The third kappa shape index (κ3) is 1.99. The van der Waals surface area contributed by atoms with Crippen molar-refractivity contribution in [3.63, 3.8) is 0 Å². The monoisotopic (exact) mass is 216 g/mol. The van der Waals surface area contributed by atoms with Gasteiger partial charge in [-0.1, -0.05) is 45.9 Å². The van der Waals surface area contributed by atoms with E-state index in [2.05, 4.69) is 45.9 Å². The lowest BCUT2D eigenvalue weighted by Gasteiger charge is -2.22. The molecule has 0 aliphatic heterocycles. The lowest BCUT2D eigenvalue weighted by Crippen LogP contribution is -2.12. The third-order valence-electron chi connectivity index (χ3n) is 3.21. The van der Waals surface area contributed by atoms with E-state index in [1.54, 1.807) is 0 Å². The Bertz CT molecular complexity index is 424. The van der Waals surface area contributed by atoms with Crippen LogP contribution in [-0.4, -0.2) is 0 Å².